The lowest BCUT2D eigenvalue weighted by molar-refractivity contribution is -0.167. The van der Waals surface area contributed by atoms with Crippen molar-refractivity contribution < 1.29 is 28.6 Å². The molecule has 0 N–H and O–H groups in total. The molecule has 0 aliphatic carbocycles. The van der Waals surface area contributed by atoms with Crippen LogP contribution in [0.15, 0.2) is 48.6 Å². The number of carbonyl (C=O) groups excluding carboxylic acids is 3. The molecule has 0 bridgehead atoms. The van der Waals surface area contributed by atoms with Crippen LogP contribution in [0, 0.1) is 0 Å². The zero-order chi connectivity index (χ0) is 48.6. The van der Waals surface area contributed by atoms with Crippen LogP contribution in [-0.4, -0.2) is 37.2 Å². The van der Waals surface area contributed by atoms with Gasteiger partial charge in [-0.25, -0.2) is 0 Å². The van der Waals surface area contributed by atoms with Crippen molar-refractivity contribution in [2.24, 2.45) is 0 Å². The van der Waals surface area contributed by atoms with Crippen molar-refractivity contribution in [3.05, 3.63) is 48.6 Å². The Hall–Kier alpha value is -2.63. The van der Waals surface area contributed by atoms with E-state index >= 15 is 0 Å². The zero-order valence-corrected chi connectivity index (χ0v) is 44.7. The number of unbranched alkanes of at least 4 members (excludes halogenated alkanes) is 34. The van der Waals surface area contributed by atoms with Gasteiger partial charge in [0.2, 0.25) is 0 Å². The molecule has 1 unspecified atom stereocenters. The molecule has 0 amide bonds. The lowest BCUT2D eigenvalue weighted by Crippen LogP contribution is -2.30. The minimum atomic E-state index is -0.784. The molecule has 6 heteroatoms. The van der Waals surface area contributed by atoms with E-state index in [4.69, 9.17) is 14.2 Å². The van der Waals surface area contributed by atoms with Crippen LogP contribution in [0.25, 0.3) is 0 Å². The third kappa shape index (κ3) is 54.2. The van der Waals surface area contributed by atoms with Gasteiger partial charge in [0.05, 0.1) is 0 Å². The van der Waals surface area contributed by atoms with E-state index in [0.29, 0.717) is 19.3 Å². The molecule has 0 rings (SSSR count). The molecule has 0 heterocycles. The summed E-state index contributed by atoms with van der Waals surface area (Å²) in [5.74, 6) is -0.893. The summed E-state index contributed by atoms with van der Waals surface area (Å²) in [5, 5.41) is 0. The van der Waals surface area contributed by atoms with Crippen LogP contribution in [0.4, 0.5) is 0 Å². The average Bonchev–Trinajstić information content (AvgIpc) is 3.33. The Balaban J connectivity index is 4.37. The number of allylic oxidation sites excluding steroid dienone is 8. The number of carbonyl (C=O) groups is 3. The highest BCUT2D eigenvalue weighted by Crippen LogP contribution is 2.15. The van der Waals surface area contributed by atoms with E-state index in [-0.39, 0.29) is 31.1 Å². The number of hydrogen-bond acceptors (Lipinski definition) is 6. The third-order valence-electron chi connectivity index (χ3n) is 12.8. The van der Waals surface area contributed by atoms with Crippen LogP contribution in [-0.2, 0) is 28.6 Å². The highest BCUT2D eigenvalue weighted by Gasteiger charge is 2.19. The van der Waals surface area contributed by atoms with E-state index in [1.54, 1.807) is 0 Å². The fourth-order valence-corrected chi connectivity index (χ4v) is 8.35. The maximum absolute atomic E-state index is 12.8. The lowest BCUT2D eigenvalue weighted by Gasteiger charge is -2.18. The summed E-state index contributed by atoms with van der Waals surface area (Å²) < 4.78 is 16.9. The van der Waals surface area contributed by atoms with E-state index in [2.05, 4.69) is 69.4 Å². The highest BCUT2D eigenvalue weighted by molar-refractivity contribution is 5.71. The van der Waals surface area contributed by atoms with Crippen LogP contribution < -0.4 is 0 Å². The summed E-state index contributed by atoms with van der Waals surface area (Å²) in [5.41, 5.74) is 0. The molecule has 0 aliphatic heterocycles. The molecule has 0 radical (unpaired) electrons. The summed E-state index contributed by atoms with van der Waals surface area (Å²) in [4.78, 5) is 38.1. The predicted molar refractivity (Wildman–Crippen MR) is 289 cm³/mol. The van der Waals surface area contributed by atoms with Crippen LogP contribution in [0.1, 0.15) is 303 Å². The van der Waals surface area contributed by atoms with Gasteiger partial charge in [0.25, 0.3) is 0 Å². The van der Waals surface area contributed by atoms with Crippen LogP contribution in [0.3, 0.4) is 0 Å². The molecule has 0 fully saturated rings. The van der Waals surface area contributed by atoms with Gasteiger partial charge in [0.15, 0.2) is 6.10 Å². The summed E-state index contributed by atoms with van der Waals surface area (Å²) in [6, 6.07) is 0. The number of rotatable bonds is 53. The van der Waals surface area contributed by atoms with Gasteiger partial charge in [-0.15, -0.1) is 0 Å². The Morgan fingerprint density at radius 3 is 0.851 bits per heavy atom. The average molecular weight is 940 g/mol. The molecule has 0 spiro atoms. The third-order valence-corrected chi connectivity index (χ3v) is 12.8. The first-order valence-corrected chi connectivity index (χ1v) is 29.1. The first-order chi connectivity index (χ1) is 33.0. The molecule has 0 saturated carbocycles. The largest absolute Gasteiger partial charge is 0.462 e. The van der Waals surface area contributed by atoms with Crippen molar-refractivity contribution >= 4 is 17.9 Å². The second kappa shape index (κ2) is 56.0. The summed E-state index contributed by atoms with van der Waals surface area (Å²) >= 11 is 0. The van der Waals surface area contributed by atoms with Gasteiger partial charge < -0.3 is 14.2 Å². The van der Waals surface area contributed by atoms with Crippen molar-refractivity contribution in [2.45, 2.75) is 309 Å². The lowest BCUT2D eigenvalue weighted by atomic mass is 10.1. The monoisotopic (exact) mass is 939 g/mol. The number of ether oxygens (including phenoxy) is 3. The zero-order valence-electron chi connectivity index (χ0n) is 44.7. The Morgan fingerprint density at radius 1 is 0.299 bits per heavy atom. The molecule has 1 atom stereocenters. The molecular weight excluding hydrogens is 829 g/mol. The number of hydrogen-bond donors (Lipinski definition) is 0. The fraction of sp³-hybridized carbons (Fsp3) is 0.820. The Bertz CT molecular complexity index is 1170. The van der Waals surface area contributed by atoms with Crippen LogP contribution in [0.2, 0.25) is 0 Å². The fourth-order valence-electron chi connectivity index (χ4n) is 8.35. The van der Waals surface area contributed by atoms with Gasteiger partial charge in [-0.2, -0.15) is 0 Å². The van der Waals surface area contributed by atoms with Crippen molar-refractivity contribution in [2.75, 3.05) is 13.2 Å². The van der Waals surface area contributed by atoms with Gasteiger partial charge in [-0.1, -0.05) is 230 Å². The summed E-state index contributed by atoms with van der Waals surface area (Å²) in [7, 11) is 0. The molecule has 0 saturated heterocycles. The Kier molecular flexibility index (Phi) is 53.8. The molecule has 390 valence electrons. The van der Waals surface area contributed by atoms with E-state index < -0.39 is 6.10 Å². The second-order valence-electron chi connectivity index (χ2n) is 19.5. The molecule has 67 heavy (non-hydrogen) atoms. The molecule has 0 aromatic rings. The van der Waals surface area contributed by atoms with E-state index in [1.165, 1.54) is 173 Å². The minimum Gasteiger partial charge on any atom is -0.462 e. The molecular formula is C61H110O6. The van der Waals surface area contributed by atoms with Gasteiger partial charge in [0.1, 0.15) is 13.2 Å². The summed E-state index contributed by atoms with van der Waals surface area (Å²) in [6.45, 7) is 6.62. The maximum atomic E-state index is 12.8. The predicted octanol–water partition coefficient (Wildman–Crippen LogP) is 19.4. The quantitative estimate of drug-likeness (QED) is 0.0262. The molecule has 0 aliphatic rings. The smallest absolute Gasteiger partial charge is 0.306 e. The van der Waals surface area contributed by atoms with Crippen molar-refractivity contribution in [3.8, 4) is 0 Å². The van der Waals surface area contributed by atoms with E-state index in [1.807, 2.05) is 0 Å². The standard InChI is InChI=1S/C61H110O6/c1-4-7-10-13-16-19-22-25-28-30-31-32-34-36-39-42-45-48-51-54-60(63)66-57-58(56-65-59(62)53-50-47-44-41-38-35-27-24-21-18-15-12-9-6-3)67-61(64)55-52-49-46-43-40-37-33-29-26-23-20-17-14-11-8-5-2/h20,23-25,27-29,33,58H,4-19,21-22,26,30-32,34-57H2,1-3H3/b23-20-,27-24-,28-25-,33-29-. The van der Waals surface area contributed by atoms with E-state index in [0.717, 1.165) is 89.9 Å². The van der Waals surface area contributed by atoms with Crippen molar-refractivity contribution in [3.63, 3.8) is 0 Å². The normalized spacial score (nSPS) is 12.3. The van der Waals surface area contributed by atoms with Crippen LogP contribution >= 0.6 is 0 Å². The Morgan fingerprint density at radius 2 is 0.537 bits per heavy atom. The molecule has 0 aromatic carbocycles. The molecule has 6 nitrogen and oxygen atoms in total. The SMILES string of the molecule is CCCCCC/C=C\C/C=C\CCCCCCCC(=O)OC(COC(=O)CCCCCCC/C=C\CCCCCCC)COC(=O)CCCCCCCCCCC/C=C\CCCCCCCC. The van der Waals surface area contributed by atoms with Crippen molar-refractivity contribution in [1.82, 2.24) is 0 Å². The van der Waals surface area contributed by atoms with Gasteiger partial charge in [-0.3, -0.25) is 14.4 Å². The first kappa shape index (κ1) is 64.4. The topological polar surface area (TPSA) is 78.9 Å². The Labute approximate surface area is 416 Å². The molecule has 0 aromatic heterocycles. The first-order valence-electron chi connectivity index (χ1n) is 29.1. The maximum Gasteiger partial charge on any atom is 0.306 e. The van der Waals surface area contributed by atoms with Crippen molar-refractivity contribution in [1.29, 1.82) is 0 Å². The van der Waals surface area contributed by atoms with Gasteiger partial charge >= 0.3 is 17.9 Å². The summed E-state index contributed by atoms with van der Waals surface area (Å²) in [6.07, 6.45) is 68.1. The van der Waals surface area contributed by atoms with Gasteiger partial charge in [-0.05, 0) is 103 Å². The van der Waals surface area contributed by atoms with E-state index in [9.17, 15) is 14.4 Å². The number of esters is 3. The van der Waals surface area contributed by atoms with Crippen LogP contribution in [0.5, 0.6) is 0 Å². The van der Waals surface area contributed by atoms with Gasteiger partial charge in [0, 0.05) is 19.3 Å². The minimum absolute atomic E-state index is 0.0810. The second-order valence-corrected chi connectivity index (χ2v) is 19.5. The highest BCUT2D eigenvalue weighted by atomic mass is 16.6.